The van der Waals surface area contributed by atoms with Crippen LogP contribution in [0.25, 0.3) is 11.3 Å². The Morgan fingerprint density at radius 2 is 1.81 bits per heavy atom. The van der Waals surface area contributed by atoms with Gasteiger partial charge in [-0.25, -0.2) is 23.3 Å². The predicted octanol–water partition coefficient (Wildman–Crippen LogP) is 4.86. The number of cyclic esters (lactones) is 1. The van der Waals surface area contributed by atoms with Crippen molar-refractivity contribution in [3.63, 3.8) is 0 Å². The highest BCUT2D eigenvalue weighted by molar-refractivity contribution is 7.89. The Kier molecular flexibility index (Phi) is 7.85. The van der Waals surface area contributed by atoms with Crippen LogP contribution in [0.4, 0.5) is 0 Å². The highest BCUT2D eigenvalue weighted by Gasteiger charge is 2.42. The van der Waals surface area contributed by atoms with Gasteiger partial charge in [0.05, 0.1) is 5.69 Å². The first-order chi connectivity index (χ1) is 17.7. The van der Waals surface area contributed by atoms with Gasteiger partial charge in [0.2, 0.25) is 5.16 Å². The first-order valence-corrected chi connectivity index (χ1v) is 14.1. The molecule has 1 aromatic heterocycles. The van der Waals surface area contributed by atoms with Gasteiger partial charge in [0.1, 0.15) is 16.9 Å². The van der Waals surface area contributed by atoms with Gasteiger partial charge < -0.3 is 9.84 Å². The molecule has 3 aromatic rings. The zero-order chi connectivity index (χ0) is 26.6. The van der Waals surface area contributed by atoms with Gasteiger partial charge in [-0.05, 0) is 48.4 Å². The lowest BCUT2D eigenvalue weighted by Gasteiger charge is -2.37. The fourth-order valence-corrected chi connectivity index (χ4v) is 5.81. The van der Waals surface area contributed by atoms with Crippen molar-refractivity contribution in [3.8, 4) is 5.69 Å². The van der Waals surface area contributed by atoms with Crippen LogP contribution in [0.5, 0.6) is 0 Å². The van der Waals surface area contributed by atoms with Crippen LogP contribution in [0, 0.1) is 0 Å². The normalized spacial score (nSPS) is 18.2. The second-order valence-electron chi connectivity index (χ2n) is 9.48. The molecule has 1 aliphatic rings. The van der Waals surface area contributed by atoms with E-state index in [9.17, 15) is 18.3 Å². The Labute approximate surface area is 217 Å². The number of aryl methyl sites for hydroxylation is 1. The molecule has 3 N–H and O–H groups in total. The number of carbonyl (C=O) groups excluding carboxylic acids is 1. The van der Waals surface area contributed by atoms with Crippen LogP contribution in [0.3, 0.4) is 0 Å². The smallest absolute Gasteiger partial charge is 0.342 e. The number of nitrogens with zero attached hydrogens (tertiary/aromatic N) is 2. The van der Waals surface area contributed by atoms with Gasteiger partial charge in [-0.2, -0.15) is 0 Å². The second-order valence-corrected chi connectivity index (χ2v) is 10.9. The van der Waals surface area contributed by atoms with E-state index in [0.717, 1.165) is 24.8 Å². The maximum absolute atomic E-state index is 13.5. The highest BCUT2D eigenvalue weighted by Crippen LogP contribution is 2.41. The molecule has 0 fully saturated rings. The van der Waals surface area contributed by atoms with Gasteiger partial charge in [-0.1, -0.05) is 69.2 Å². The number of aromatic nitrogens is 2. The zero-order valence-electron chi connectivity index (χ0n) is 21.2. The lowest BCUT2D eigenvalue weighted by Crippen LogP contribution is -2.40. The molecule has 0 amide bonds. The Morgan fingerprint density at radius 1 is 1.05 bits per heavy atom. The van der Waals surface area contributed by atoms with Crippen molar-refractivity contribution in [2.75, 3.05) is 0 Å². The van der Waals surface area contributed by atoms with Gasteiger partial charge in [0, 0.05) is 18.8 Å². The number of sulfonamides is 1. The Balaban J connectivity index is 1.76. The number of hydrogen-bond acceptors (Lipinski definition) is 6. The molecule has 9 heteroatoms. The Bertz CT molecular complexity index is 1410. The molecule has 4 rings (SSSR count). The molecule has 2 heterocycles. The second kappa shape index (κ2) is 10.9. The molecule has 0 aliphatic carbocycles. The number of esters is 1. The highest BCUT2D eigenvalue weighted by atomic mass is 32.2. The van der Waals surface area contributed by atoms with E-state index in [-0.39, 0.29) is 22.9 Å². The molecule has 0 saturated carbocycles. The number of aliphatic hydroxyl groups excluding tert-OH is 1. The van der Waals surface area contributed by atoms with Crippen LogP contribution in [0.2, 0.25) is 0 Å². The standard InChI is InChI=1S/C28H33N3O5S/c1-3-9-21-22(12-8-13-23(21)31-18-17-30-27(31)37(29,34)35)25-24(32)19-28(15-4-2,36-26(25)33)16-14-20-10-6-5-7-11-20/h5-8,10-13,17-18,32H,3-4,9,14-16,19H2,1-2H3,(H2,29,34,35). The van der Waals surface area contributed by atoms with Gasteiger partial charge in [-0.3, -0.25) is 4.57 Å². The van der Waals surface area contributed by atoms with Crippen LogP contribution in [0.1, 0.15) is 62.6 Å². The summed E-state index contributed by atoms with van der Waals surface area (Å²) in [5.74, 6) is -0.582. The van der Waals surface area contributed by atoms with Gasteiger partial charge in [0.15, 0.2) is 0 Å². The molecule has 0 radical (unpaired) electrons. The summed E-state index contributed by atoms with van der Waals surface area (Å²) in [4.78, 5) is 17.4. The summed E-state index contributed by atoms with van der Waals surface area (Å²) in [6.07, 6.45) is 7.12. The van der Waals surface area contributed by atoms with Crippen molar-refractivity contribution < 1.29 is 23.1 Å². The number of rotatable bonds is 10. The summed E-state index contributed by atoms with van der Waals surface area (Å²) in [6, 6.07) is 15.2. The van der Waals surface area contributed by atoms with Crippen molar-refractivity contribution in [3.05, 3.63) is 83.4 Å². The van der Waals surface area contributed by atoms with Crippen LogP contribution in [0.15, 0.2) is 71.8 Å². The molecule has 0 saturated heterocycles. The van der Waals surface area contributed by atoms with E-state index in [1.165, 1.54) is 17.0 Å². The minimum Gasteiger partial charge on any atom is -0.511 e. The number of nitrogens with two attached hydrogens (primary N) is 1. The summed E-state index contributed by atoms with van der Waals surface area (Å²) in [5, 5.41) is 16.4. The molecule has 1 aliphatic heterocycles. The fourth-order valence-electron chi connectivity index (χ4n) is 5.17. The zero-order valence-corrected chi connectivity index (χ0v) is 22.0. The predicted molar refractivity (Wildman–Crippen MR) is 142 cm³/mol. The van der Waals surface area contributed by atoms with Gasteiger partial charge in [0.25, 0.3) is 10.0 Å². The minimum absolute atomic E-state index is 0.00966. The quantitative estimate of drug-likeness (QED) is 0.366. The van der Waals surface area contributed by atoms with Crippen molar-refractivity contribution >= 4 is 21.6 Å². The van der Waals surface area contributed by atoms with E-state index in [1.807, 2.05) is 44.2 Å². The first kappa shape index (κ1) is 26.6. The molecule has 196 valence electrons. The molecule has 37 heavy (non-hydrogen) atoms. The summed E-state index contributed by atoms with van der Waals surface area (Å²) in [7, 11) is -4.08. The van der Waals surface area contributed by atoms with E-state index in [1.54, 1.807) is 18.2 Å². The fraction of sp³-hybridized carbons (Fsp3) is 0.357. The van der Waals surface area contributed by atoms with Crippen molar-refractivity contribution in [1.82, 2.24) is 9.55 Å². The third kappa shape index (κ3) is 5.62. The number of primary sulfonamides is 1. The average Bonchev–Trinajstić information content (AvgIpc) is 3.35. The maximum Gasteiger partial charge on any atom is 0.342 e. The van der Waals surface area contributed by atoms with Crippen molar-refractivity contribution in [2.24, 2.45) is 5.14 Å². The van der Waals surface area contributed by atoms with Crippen LogP contribution in [-0.2, 0) is 32.4 Å². The van der Waals surface area contributed by atoms with Crippen LogP contribution >= 0.6 is 0 Å². The lowest BCUT2D eigenvalue weighted by molar-refractivity contribution is -0.157. The minimum atomic E-state index is -4.08. The molecule has 1 unspecified atom stereocenters. The SMILES string of the molecule is CCCc1c(C2=C(O)CC(CCC)(CCc3ccccc3)OC2=O)cccc1-n1ccnc1S(N)(=O)=O. The average molecular weight is 524 g/mol. The third-order valence-electron chi connectivity index (χ3n) is 6.75. The Hall–Kier alpha value is -3.43. The third-order valence-corrected chi connectivity index (χ3v) is 7.56. The lowest BCUT2D eigenvalue weighted by atomic mass is 9.82. The topological polar surface area (TPSA) is 125 Å². The summed E-state index contributed by atoms with van der Waals surface area (Å²) in [6.45, 7) is 4.02. The van der Waals surface area contributed by atoms with E-state index >= 15 is 0 Å². The first-order valence-electron chi connectivity index (χ1n) is 12.6. The number of aliphatic hydroxyl groups is 1. The molecule has 0 bridgehead atoms. The number of ether oxygens (including phenoxy) is 1. The van der Waals surface area contributed by atoms with Crippen molar-refractivity contribution in [2.45, 2.75) is 69.6 Å². The number of benzene rings is 2. The molecule has 8 nitrogen and oxygen atoms in total. The Morgan fingerprint density at radius 3 is 2.46 bits per heavy atom. The number of carbonyl (C=O) groups is 1. The van der Waals surface area contributed by atoms with Gasteiger partial charge in [-0.15, -0.1) is 0 Å². The molecular weight excluding hydrogens is 490 g/mol. The molecule has 1 atom stereocenters. The van der Waals surface area contributed by atoms with Crippen molar-refractivity contribution in [1.29, 1.82) is 0 Å². The summed E-state index contributed by atoms with van der Waals surface area (Å²) in [5.41, 5.74) is 2.23. The van der Waals surface area contributed by atoms with E-state index in [2.05, 4.69) is 4.98 Å². The van der Waals surface area contributed by atoms with Crippen LogP contribution < -0.4 is 5.14 Å². The maximum atomic E-state index is 13.5. The largest absolute Gasteiger partial charge is 0.511 e. The van der Waals surface area contributed by atoms with E-state index < -0.39 is 21.6 Å². The monoisotopic (exact) mass is 523 g/mol. The van der Waals surface area contributed by atoms with Gasteiger partial charge >= 0.3 is 5.97 Å². The summed E-state index contributed by atoms with van der Waals surface area (Å²) >= 11 is 0. The molecule has 2 aromatic carbocycles. The van der Waals surface area contributed by atoms with E-state index in [0.29, 0.717) is 36.1 Å². The molecule has 0 spiro atoms. The number of hydrogen-bond donors (Lipinski definition) is 2. The molecular formula is C28H33N3O5S. The van der Waals surface area contributed by atoms with Crippen LogP contribution in [-0.4, -0.2) is 34.6 Å². The van der Waals surface area contributed by atoms with E-state index in [4.69, 9.17) is 9.88 Å². The summed E-state index contributed by atoms with van der Waals surface area (Å²) < 4.78 is 31.8. The number of imidazole rings is 1.